The second-order valence-electron chi connectivity index (χ2n) is 7.34. The van der Waals surface area contributed by atoms with E-state index >= 15 is 0 Å². The van der Waals surface area contributed by atoms with Crippen molar-refractivity contribution in [3.8, 4) is 0 Å². The Morgan fingerprint density at radius 1 is 1.11 bits per heavy atom. The van der Waals surface area contributed by atoms with Gasteiger partial charge in [0, 0.05) is 44.2 Å². The fourth-order valence-electron chi connectivity index (χ4n) is 3.61. The molecular formula is C23H31N3O2. The first-order chi connectivity index (χ1) is 13.7. The predicted molar refractivity (Wildman–Crippen MR) is 111 cm³/mol. The Bertz CT molecular complexity index is 723. The van der Waals surface area contributed by atoms with E-state index in [0.29, 0.717) is 13.1 Å². The number of rotatable bonds is 9. The number of carbonyl (C=O) groups excluding carboxylic acids is 1. The molecule has 5 heteroatoms. The summed E-state index contributed by atoms with van der Waals surface area (Å²) in [6, 6.07) is 12.0. The fraction of sp³-hybridized carbons (Fsp3) is 0.478. The molecule has 1 aliphatic heterocycles. The monoisotopic (exact) mass is 381 g/mol. The quantitative estimate of drug-likeness (QED) is 0.664. The van der Waals surface area contributed by atoms with Gasteiger partial charge < -0.3 is 9.64 Å². The van der Waals surface area contributed by atoms with Crippen LogP contribution in [0.15, 0.2) is 48.8 Å². The maximum absolute atomic E-state index is 13.2. The lowest BCUT2D eigenvalue weighted by molar-refractivity contribution is 0.0507. The molecule has 2 heterocycles. The Hall–Kier alpha value is -2.24. The van der Waals surface area contributed by atoms with Crippen LogP contribution in [0, 0.1) is 0 Å². The molecule has 0 aliphatic carbocycles. The van der Waals surface area contributed by atoms with E-state index in [1.165, 1.54) is 5.56 Å². The molecule has 1 aliphatic rings. The molecule has 1 aromatic heterocycles. The average Bonchev–Trinajstić information content (AvgIpc) is 3.25. The fourth-order valence-corrected chi connectivity index (χ4v) is 3.61. The number of ether oxygens (including phenoxy) is 1. The lowest BCUT2D eigenvalue weighted by atomic mass is 10.1. The molecule has 5 nitrogen and oxygen atoms in total. The molecule has 0 saturated carbocycles. The number of benzene rings is 1. The summed E-state index contributed by atoms with van der Waals surface area (Å²) in [5.74, 6) is 0.0498. The lowest BCUT2D eigenvalue weighted by Gasteiger charge is -2.26. The van der Waals surface area contributed by atoms with Crippen LogP contribution in [-0.4, -0.2) is 53.0 Å². The van der Waals surface area contributed by atoms with Crippen molar-refractivity contribution in [1.82, 2.24) is 14.8 Å². The van der Waals surface area contributed by atoms with Crippen molar-refractivity contribution < 1.29 is 9.53 Å². The molecule has 0 N–H and O–H groups in total. The van der Waals surface area contributed by atoms with Gasteiger partial charge in [-0.3, -0.25) is 14.7 Å². The zero-order chi connectivity index (χ0) is 19.8. The molecule has 1 fully saturated rings. The summed E-state index contributed by atoms with van der Waals surface area (Å²) in [6.07, 6.45) is 5.79. The lowest BCUT2D eigenvalue weighted by Crippen LogP contribution is -2.37. The van der Waals surface area contributed by atoms with Crippen molar-refractivity contribution in [2.45, 2.75) is 45.9 Å². The van der Waals surface area contributed by atoms with Crippen LogP contribution < -0.4 is 0 Å². The van der Waals surface area contributed by atoms with Gasteiger partial charge in [-0.25, -0.2) is 0 Å². The van der Waals surface area contributed by atoms with E-state index in [2.05, 4.69) is 35.9 Å². The number of carbonyl (C=O) groups is 1. The van der Waals surface area contributed by atoms with E-state index in [-0.39, 0.29) is 12.0 Å². The summed E-state index contributed by atoms with van der Waals surface area (Å²) in [6.45, 7) is 9.26. The molecule has 1 atom stereocenters. The van der Waals surface area contributed by atoms with E-state index in [4.69, 9.17) is 4.74 Å². The Morgan fingerprint density at radius 3 is 2.50 bits per heavy atom. The third kappa shape index (κ3) is 5.63. The highest BCUT2D eigenvalue weighted by molar-refractivity contribution is 5.94. The number of pyridine rings is 1. The predicted octanol–water partition coefficient (Wildman–Crippen LogP) is 3.74. The second-order valence-corrected chi connectivity index (χ2v) is 7.34. The van der Waals surface area contributed by atoms with Crippen LogP contribution in [0.3, 0.4) is 0 Å². The van der Waals surface area contributed by atoms with Crippen LogP contribution >= 0.6 is 0 Å². The molecule has 3 rings (SSSR count). The van der Waals surface area contributed by atoms with Crippen LogP contribution in [-0.2, 0) is 17.8 Å². The minimum Gasteiger partial charge on any atom is -0.376 e. The number of nitrogens with zero attached hydrogens (tertiary/aromatic N) is 3. The maximum Gasteiger partial charge on any atom is 0.254 e. The van der Waals surface area contributed by atoms with Gasteiger partial charge in [-0.1, -0.05) is 32.0 Å². The molecule has 1 unspecified atom stereocenters. The van der Waals surface area contributed by atoms with Gasteiger partial charge in [-0.2, -0.15) is 0 Å². The molecule has 1 saturated heterocycles. The minimum absolute atomic E-state index is 0.0498. The van der Waals surface area contributed by atoms with Crippen molar-refractivity contribution in [3.05, 3.63) is 65.5 Å². The summed E-state index contributed by atoms with van der Waals surface area (Å²) in [4.78, 5) is 21.7. The Labute approximate surface area is 168 Å². The van der Waals surface area contributed by atoms with E-state index < -0.39 is 0 Å². The molecule has 2 aromatic rings. The molecule has 0 spiro atoms. The van der Waals surface area contributed by atoms with Crippen LogP contribution in [0.5, 0.6) is 0 Å². The number of aromatic nitrogens is 1. The maximum atomic E-state index is 13.2. The highest BCUT2D eigenvalue weighted by Crippen LogP contribution is 2.18. The van der Waals surface area contributed by atoms with E-state index in [1.807, 2.05) is 35.4 Å². The molecule has 0 radical (unpaired) electrons. The van der Waals surface area contributed by atoms with Crippen molar-refractivity contribution in [1.29, 1.82) is 0 Å². The third-order valence-corrected chi connectivity index (χ3v) is 5.33. The first-order valence-corrected chi connectivity index (χ1v) is 10.3. The SMILES string of the molecule is CCN(CC)Cc1ccc(C(=O)N(Cc2cccnc2)CC2CCCO2)cc1. The third-order valence-electron chi connectivity index (χ3n) is 5.33. The summed E-state index contributed by atoms with van der Waals surface area (Å²) in [5, 5.41) is 0. The minimum atomic E-state index is 0.0498. The summed E-state index contributed by atoms with van der Waals surface area (Å²) < 4.78 is 5.78. The second kappa shape index (κ2) is 10.3. The van der Waals surface area contributed by atoms with Gasteiger partial charge in [0.2, 0.25) is 0 Å². The molecule has 28 heavy (non-hydrogen) atoms. The first kappa shape index (κ1) is 20.5. The average molecular weight is 382 g/mol. The Morgan fingerprint density at radius 2 is 1.89 bits per heavy atom. The normalized spacial score (nSPS) is 16.5. The molecule has 150 valence electrons. The van der Waals surface area contributed by atoms with Crippen LogP contribution in [0.4, 0.5) is 0 Å². The van der Waals surface area contributed by atoms with Crippen LogP contribution in [0.1, 0.15) is 48.2 Å². The smallest absolute Gasteiger partial charge is 0.254 e. The molecule has 0 bridgehead atoms. The van der Waals surface area contributed by atoms with E-state index in [1.54, 1.807) is 6.20 Å². The van der Waals surface area contributed by atoms with Crippen LogP contribution in [0.2, 0.25) is 0 Å². The summed E-state index contributed by atoms with van der Waals surface area (Å²) >= 11 is 0. The van der Waals surface area contributed by atoms with Gasteiger partial charge in [0.15, 0.2) is 0 Å². The zero-order valence-electron chi connectivity index (χ0n) is 17.0. The van der Waals surface area contributed by atoms with Gasteiger partial charge in [-0.05, 0) is 55.3 Å². The summed E-state index contributed by atoms with van der Waals surface area (Å²) in [7, 11) is 0. The van der Waals surface area contributed by atoms with Crippen molar-refractivity contribution in [2.24, 2.45) is 0 Å². The van der Waals surface area contributed by atoms with Gasteiger partial charge in [0.1, 0.15) is 0 Å². The molecular weight excluding hydrogens is 350 g/mol. The summed E-state index contributed by atoms with van der Waals surface area (Å²) in [5.41, 5.74) is 3.00. The Kier molecular flexibility index (Phi) is 7.57. The van der Waals surface area contributed by atoms with Crippen molar-refractivity contribution in [3.63, 3.8) is 0 Å². The van der Waals surface area contributed by atoms with Crippen LogP contribution in [0.25, 0.3) is 0 Å². The van der Waals surface area contributed by atoms with Crippen molar-refractivity contribution in [2.75, 3.05) is 26.2 Å². The van der Waals surface area contributed by atoms with Gasteiger partial charge in [0.05, 0.1) is 6.10 Å². The zero-order valence-corrected chi connectivity index (χ0v) is 17.0. The van der Waals surface area contributed by atoms with E-state index in [0.717, 1.165) is 50.2 Å². The largest absolute Gasteiger partial charge is 0.376 e. The topological polar surface area (TPSA) is 45.7 Å². The first-order valence-electron chi connectivity index (χ1n) is 10.3. The highest BCUT2D eigenvalue weighted by atomic mass is 16.5. The van der Waals surface area contributed by atoms with Crippen molar-refractivity contribution >= 4 is 5.91 Å². The number of hydrogen-bond acceptors (Lipinski definition) is 4. The molecule has 1 amide bonds. The molecule has 1 aromatic carbocycles. The van der Waals surface area contributed by atoms with Gasteiger partial charge >= 0.3 is 0 Å². The highest BCUT2D eigenvalue weighted by Gasteiger charge is 2.23. The number of amides is 1. The Balaban J connectivity index is 1.72. The van der Waals surface area contributed by atoms with Gasteiger partial charge in [-0.15, -0.1) is 0 Å². The number of hydrogen-bond donors (Lipinski definition) is 0. The standard InChI is InChI=1S/C23H31N3O2/c1-3-25(4-2)16-19-9-11-21(12-10-19)23(27)26(18-22-8-6-14-28-22)17-20-7-5-13-24-15-20/h5,7,9-13,15,22H,3-4,6,8,14,16-18H2,1-2H3. The van der Waals surface area contributed by atoms with Gasteiger partial charge in [0.25, 0.3) is 5.91 Å². The van der Waals surface area contributed by atoms with E-state index in [9.17, 15) is 4.79 Å².